The van der Waals surface area contributed by atoms with E-state index < -0.39 is 0 Å². The Kier molecular flexibility index (Phi) is 3.30. The molecule has 2 aromatic rings. The van der Waals surface area contributed by atoms with Gasteiger partial charge in [-0.2, -0.15) is 0 Å². The van der Waals surface area contributed by atoms with E-state index in [1.54, 1.807) is 7.11 Å². The number of pyridine rings is 1. The van der Waals surface area contributed by atoms with Gasteiger partial charge < -0.3 is 10.1 Å². The fourth-order valence-corrected chi connectivity index (χ4v) is 2.60. The molecule has 0 saturated heterocycles. The van der Waals surface area contributed by atoms with E-state index in [9.17, 15) is 0 Å². The van der Waals surface area contributed by atoms with Crippen molar-refractivity contribution in [1.82, 2.24) is 10.3 Å². The Bertz CT molecular complexity index is 677. The fraction of sp³-hybridized carbons (Fsp3) is 0.375. The van der Waals surface area contributed by atoms with Crippen molar-refractivity contribution in [3.8, 4) is 5.75 Å². The number of nitrogens with one attached hydrogen (secondary N) is 1. The number of nitrogens with zero attached hydrogens (tertiary/aromatic N) is 2. The van der Waals surface area contributed by atoms with E-state index in [-0.39, 0.29) is 0 Å². The maximum atomic E-state index is 5.44. The summed E-state index contributed by atoms with van der Waals surface area (Å²) in [6.45, 7) is 6.09. The third-order valence-corrected chi connectivity index (χ3v) is 3.63. The number of rotatable bonds is 3. The predicted octanol–water partition coefficient (Wildman–Crippen LogP) is 2.72. The van der Waals surface area contributed by atoms with Gasteiger partial charge in [-0.25, -0.2) is 0 Å². The second kappa shape index (κ2) is 5.12. The van der Waals surface area contributed by atoms with Gasteiger partial charge in [-0.15, -0.1) is 0 Å². The number of hydrogen-bond acceptors (Lipinski definition) is 4. The second-order valence-corrected chi connectivity index (χ2v) is 5.28. The van der Waals surface area contributed by atoms with Crippen LogP contribution in [0, 0.1) is 0 Å². The molecule has 0 aliphatic carbocycles. The van der Waals surface area contributed by atoms with Gasteiger partial charge in [0, 0.05) is 23.7 Å². The SMILES string of the molecule is COc1cc(C(C)C)c2nccc(C3=NCCN3)c2c1. The predicted molar refractivity (Wildman–Crippen MR) is 81.8 cm³/mol. The highest BCUT2D eigenvalue weighted by molar-refractivity contribution is 6.10. The number of ether oxygens (including phenoxy) is 1. The smallest absolute Gasteiger partial charge is 0.129 e. The normalized spacial score (nSPS) is 14.5. The summed E-state index contributed by atoms with van der Waals surface area (Å²) in [5.41, 5.74) is 3.35. The van der Waals surface area contributed by atoms with Crippen molar-refractivity contribution in [2.75, 3.05) is 20.2 Å². The third-order valence-electron chi connectivity index (χ3n) is 3.63. The standard InChI is InChI=1S/C16H19N3O/c1-10(2)13-8-11(20-3)9-14-12(4-5-17-15(13)14)16-18-6-7-19-16/h4-5,8-10H,6-7H2,1-3H3,(H,18,19). The van der Waals surface area contributed by atoms with Crippen molar-refractivity contribution in [2.24, 2.45) is 4.99 Å². The first-order chi connectivity index (χ1) is 9.70. The first-order valence-electron chi connectivity index (χ1n) is 6.96. The van der Waals surface area contributed by atoms with E-state index >= 15 is 0 Å². The summed E-state index contributed by atoms with van der Waals surface area (Å²) in [4.78, 5) is 9.09. The Morgan fingerprint density at radius 1 is 1.30 bits per heavy atom. The fourth-order valence-electron chi connectivity index (χ4n) is 2.60. The topological polar surface area (TPSA) is 46.5 Å². The molecule has 4 nitrogen and oxygen atoms in total. The maximum absolute atomic E-state index is 5.44. The average Bonchev–Trinajstić information content (AvgIpc) is 2.99. The van der Waals surface area contributed by atoms with Crippen molar-refractivity contribution in [3.05, 3.63) is 35.5 Å². The van der Waals surface area contributed by atoms with Crippen LogP contribution in [0.3, 0.4) is 0 Å². The number of aromatic nitrogens is 1. The van der Waals surface area contributed by atoms with Gasteiger partial charge in [0.2, 0.25) is 0 Å². The van der Waals surface area contributed by atoms with E-state index in [1.807, 2.05) is 18.3 Å². The molecule has 1 aromatic heterocycles. The summed E-state index contributed by atoms with van der Waals surface area (Å²) in [6, 6.07) is 6.14. The van der Waals surface area contributed by atoms with Crippen LogP contribution in [0.1, 0.15) is 30.9 Å². The van der Waals surface area contributed by atoms with Crippen LogP contribution in [-0.2, 0) is 0 Å². The molecule has 0 saturated carbocycles. The molecule has 0 unspecified atom stereocenters. The molecule has 1 aromatic carbocycles. The van der Waals surface area contributed by atoms with Crippen LogP contribution in [-0.4, -0.2) is 31.0 Å². The summed E-state index contributed by atoms with van der Waals surface area (Å²) in [5, 5.41) is 4.43. The van der Waals surface area contributed by atoms with Crippen LogP contribution in [0.25, 0.3) is 10.9 Å². The first-order valence-corrected chi connectivity index (χ1v) is 6.96. The van der Waals surface area contributed by atoms with Crippen LogP contribution in [0.2, 0.25) is 0 Å². The zero-order valence-corrected chi connectivity index (χ0v) is 12.1. The van der Waals surface area contributed by atoms with E-state index in [1.165, 1.54) is 5.56 Å². The van der Waals surface area contributed by atoms with Crippen molar-refractivity contribution in [2.45, 2.75) is 19.8 Å². The van der Waals surface area contributed by atoms with Crippen LogP contribution in [0.5, 0.6) is 5.75 Å². The van der Waals surface area contributed by atoms with Gasteiger partial charge >= 0.3 is 0 Å². The Morgan fingerprint density at radius 2 is 2.15 bits per heavy atom. The third kappa shape index (κ3) is 2.11. The molecular formula is C16H19N3O. The molecular weight excluding hydrogens is 250 g/mol. The zero-order chi connectivity index (χ0) is 14.1. The highest BCUT2D eigenvalue weighted by Crippen LogP contribution is 2.31. The Balaban J connectivity index is 2.29. The van der Waals surface area contributed by atoms with Gasteiger partial charge in [-0.3, -0.25) is 9.98 Å². The molecule has 104 valence electrons. The lowest BCUT2D eigenvalue weighted by atomic mass is 9.97. The molecule has 0 amide bonds. The van der Waals surface area contributed by atoms with Crippen molar-refractivity contribution >= 4 is 16.7 Å². The molecule has 20 heavy (non-hydrogen) atoms. The summed E-state index contributed by atoms with van der Waals surface area (Å²) < 4.78 is 5.44. The van der Waals surface area contributed by atoms with Crippen molar-refractivity contribution in [1.29, 1.82) is 0 Å². The minimum atomic E-state index is 0.397. The van der Waals surface area contributed by atoms with Gasteiger partial charge in [0.25, 0.3) is 0 Å². The zero-order valence-electron chi connectivity index (χ0n) is 12.1. The summed E-state index contributed by atoms with van der Waals surface area (Å²) >= 11 is 0. The first kappa shape index (κ1) is 12.9. The van der Waals surface area contributed by atoms with Crippen molar-refractivity contribution < 1.29 is 4.74 Å². The number of aliphatic imine (C=N–C) groups is 1. The number of methoxy groups -OCH3 is 1. The van der Waals surface area contributed by atoms with E-state index in [0.29, 0.717) is 5.92 Å². The lowest BCUT2D eigenvalue weighted by Gasteiger charge is -2.14. The summed E-state index contributed by atoms with van der Waals surface area (Å²) in [5.74, 6) is 2.23. The molecule has 4 heteroatoms. The summed E-state index contributed by atoms with van der Waals surface area (Å²) in [7, 11) is 1.70. The Labute approximate surface area is 118 Å². The molecule has 0 fully saturated rings. The summed E-state index contributed by atoms with van der Waals surface area (Å²) in [6.07, 6.45) is 1.86. The molecule has 1 N–H and O–H groups in total. The number of hydrogen-bond donors (Lipinski definition) is 1. The van der Waals surface area contributed by atoms with Crippen LogP contribution in [0.4, 0.5) is 0 Å². The van der Waals surface area contributed by atoms with Gasteiger partial charge in [-0.1, -0.05) is 13.8 Å². The lowest BCUT2D eigenvalue weighted by Crippen LogP contribution is -2.20. The van der Waals surface area contributed by atoms with E-state index in [0.717, 1.165) is 41.1 Å². The maximum Gasteiger partial charge on any atom is 0.129 e. The van der Waals surface area contributed by atoms with Gasteiger partial charge in [0.05, 0.1) is 19.2 Å². The second-order valence-electron chi connectivity index (χ2n) is 5.28. The molecule has 1 aliphatic rings. The minimum absolute atomic E-state index is 0.397. The van der Waals surface area contributed by atoms with Crippen LogP contribution < -0.4 is 10.1 Å². The molecule has 0 atom stereocenters. The Hall–Kier alpha value is -2.10. The molecule has 0 radical (unpaired) electrons. The highest BCUT2D eigenvalue weighted by Gasteiger charge is 2.16. The number of amidine groups is 1. The largest absolute Gasteiger partial charge is 0.497 e. The number of benzene rings is 1. The lowest BCUT2D eigenvalue weighted by molar-refractivity contribution is 0.414. The van der Waals surface area contributed by atoms with E-state index in [2.05, 4.69) is 35.2 Å². The molecule has 0 bridgehead atoms. The van der Waals surface area contributed by atoms with Gasteiger partial charge in [0.15, 0.2) is 0 Å². The molecule has 2 heterocycles. The van der Waals surface area contributed by atoms with Gasteiger partial charge in [0.1, 0.15) is 11.6 Å². The van der Waals surface area contributed by atoms with Crippen LogP contribution in [0.15, 0.2) is 29.4 Å². The van der Waals surface area contributed by atoms with Gasteiger partial charge in [-0.05, 0) is 29.7 Å². The minimum Gasteiger partial charge on any atom is -0.497 e. The Morgan fingerprint density at radius 3 is 2.80 bits per heavy atom. The van der Waals surface area contributed by atoms with E-state index in [4.69, 9.17) is 4.74 Å². The number of fused-ring (bicyclic) bond motifs is 1. The molecule has 3 rings (SSSR count). The monoisotopic (exact) mass is 269 g/mol. The quantitative estimate of drug-likeness (QED) is 0.932. The van der Waals surface area contributed by atoms with Crippen molar-refractivity contribution in [3.63, 3.8) is 0 Å². The highest BCUT2D eigenvalue weighted by atomic mass is 16.5. The molecule has 1 aliphatic heterocycles. The molecule has 0 spiro atoms. The van der Waals surface area contributed by atoms with Crippen LogP contribution >= 0.6 is 0 Å². The average molecular weight is 269 g/mol.